The third-order valence-electron chi connectivity index (χ3n) is 7.45. The predicted molar refractivity (Wildman–Crippen MR) is 80.4 cm³/mol. The molecule has 0 aromatic heterocycles. The van der Waals surface area contributed by atoms with Gasteiger partial charge in [-0.25, -0.2) is 0 Å². The Morgan fingerprint density at radius 2 is 1.90 bits per heavy atom. The van der Waals surface area contributed by atoms with Crippen LogP contribution in [0.5, 0.6) is 0 Å². The van der Waals surface area contributed by atoms with E-state index >= 15 is 0 Å². The Morgan fingerprint density at radius 3 is 2.50 bits per heavy atom. The van der Waals surface area contributed by atoms with E-state index in [9.17, 15) is 0 Å². The minimum atomic E-state index is -0.0979. The van der Waals surface area contributed by atoms with Crippen molar-refractivity contribution >= 4 is 7.12 Å². The van der Waals surface area contributed by atoms with Crippen LogP contribution in [0.3, 0.4) is 0 Å². The van der Waals surface area contributed by atoms with Gasteiger partial charge in [-0.15, -0.1) is 0 Å². The molecule has 5 atom stereocenters. The number of hydrogen-bond acceptors (Lipinski definition) is 3. The summed E-state index contributed by atoms with van der Waals surface area (Å²) in [7, 11) is 2.19. The minimum absolute atomic E-state index is 0.0207. The van der Waals surface area contributed by atoms with E-state index in [0.717, 1.165) is 5.92 Å². The zero-order chi connectivity index (χ0) is 14.3. The fraction of sp³-hybridized carbons (Fsp3) is 1.00. The summed E-state index contributed by atoms with van der Waals surface area (Å²) in [4.78, 5) is 2.42. The minimum Gasteiger partial charge on any atom is -0.402 e. The molecule has 0 aromatic carbocycles. The Hall–Kier alpha value is -0.0551. The summed E-state index contributed by atoms with van der Waals surface area (Å²) in [6.07, 6.45) is 4.98. The quantitative estimate of drug-likeness (QED) is 0.688. The molecule has 0 aromatic rings. The third-order valence-corrected chi connectivity index (χ3v) is 7.45. The highest BCUT2D eigenvalue weighted by Gasteiger charge is 2.73. The highest BCUT2D eigenvalue weighted by molar-refractivity contribution is 6.47. The van der Waals surface area contributed by atoms with Crippen LogP contribution in [0.1, 0.15) is 53.4 Å². The van der Waals surface area contributed by atoms with Gasteiger partial charge >= 0.3 is 7.12 Å². The number of rotatable bonds is 1. The Labute approximate surface area is 123 Å². The molecule has 4 heteroatoms. The zero-order valence-corrected chi connectivity index (χ0v) is 13.6. The summed E-state index contributed by atoms with van der Waals surface area (Å²) in [6, 6.07) is 0. The van der Waals surface area contributed by atoms with Crippen molar-refractivity contribution in [2.24, 2.45) is 17.3 Å². The molecule has 20 heavy (non-hydrogen) atoms. The lowest BCUT2D eigenvalue weighted by atomic mass is 9.41. The van der Waals surface area contributed by atoms with Crippen LogP contribution >= 0.6 is 0 Å². The normalized spacial score (nSPS) is 53.9. The Balaban J connectivity index is 1.63. The summed E-state index contributed by atoms with van der Waals surface area (Å²) in [6.45, 7) is 10.7. The predicted octanol–water partition coefficient (Wildman–Crippen LogP) is 2.74. The van der Waals surface area contributed by atoms with Crippen molar-refractivity contribution in [3.05, 3.63) is 0 Å². The van der Waals surface area contributed by atoms with Crippen LogP contribution < -0.4 is 0 Å². The van der Waals surface area contributed by atoms with Gasteiger partial charge < -0.3 is 14.2 Å². The molecule has 0 spiro atoms. The highest BCUT2D eigenvalue weighted by atomic mass is 16.7. The first kappa shape index (κ1) is 13.6. The van der Waals surface area contributed by atoms with Gasteiger partial charge in [0.25, 0.3) is 0 Å². The van der Waals surface area contributed by atoms with Crippen LogP contribution in [-0.4, -0.2) is 42.8 Å². The molecule has 0 N–H and O–H groups in total. The molecule has 0 radical (unpaired) electrons. The Morgan fingerprint density at radius 1 is 1.15 bits per heavy atom. The van der Waals surface area contributed by atoms with E-state index in [1.54, 1.807) is 0 Å². The topological polar surface area (TPSA) is 21.7 Å². The van der Waals surface area contributed by atoms with Gasteiger partial charge in [0.1, 0.15) is 0 Å². The van der Waals surface area contributed by atoms with Crippen LogP contribution in [0.15, 0.2) is 0 Å². The van der Waals surface area contributed by atoms with Crippen molar-refractivity contribution in [3.8, 4) is 0 Å². The molecule has 2 heterocycles. The smallest absolute Gasteiger partial charge is 0.402 e. The van der Waals surface area contributed by atoms with Crippen LogP contribution in [0, 0.1) is 17.3 Å². The number of nitrogens with zero attached hydrogens (tertiary/aromatic N) is 1. The van der Waals surface area contributed by atoms with Crippen LogP contribution in [0.2, 0.25) is 0 Å². The fourth-order valence-corrected chi connectivity index (χ4v) is 5.67. The second-order valence-corrected chi connectivity index (χ2v) is 8.64. The molecule has 2 aliphatic heterocycles. The van der Waals surface area contributed by atoms with Gasteiger partial charge in [-0.2, -0.15) is 0 Å². The molecular weight excluding hydrogens is 249 g/mol. The van der Waals surface area contributed by atoms with E-state index in [4.69, 9.17) is 9.31 Å². The summed E-state index contributed by atoms with van der Waals surface area (Å²) >= 11 is 0. The molecule has 1 unspecified atom stereocenters. The van der Waals surface area contributed by atoms with E-state index in [1.165, 1.54) is 32.2 Å². The molecular formula is C16H28BNO2. The van der Waals surface area contributed by atoms with Gasteiger partial charge in [0.05, 0.1) is 11.2 Å². The third kappa shape index (κ3) is 1.43. The van der Waals surface area contributed by atoms with Crippen molar-refractivity contribution in [2.45, 2.75) is 70.5 Å². The Kier molecular flexibility index (Phi) is 2.60. The lowest BCUT2D eigenvalue weighted by Gasteiger charge is -2.67. The molecule has 3 aliphatic carbocycles. The molecule has 112 valence electrons. The summed E-state index contributed by atoms with van der Waals surface area (Å²) in [5, 5.41) is 0. The molecule has 0 amide bonds. The second-order valence-electron chi connectivity index (χ2n) is 8.64. The second kappa shape index (κ2) is 3.82. The maximum Gasteiger partial charge on any atom is 0.476 e. The van der Waals surface area contributed by atoms with Gasteiger partial charge in [-0.3, -0.25) is 0 Å². The molecule has 3 saturated carbocycles. The lowest BCUT2D eigenvalue weighted by Crippen LogP contribution is -2.70. The number of likely N-dealkylation sites (tertiary alicyclic amines) is 1. The first-order valence-corrected chi connectivity index (χ1v) is 8.34. The van der Waals surface area contributed by atoms with E-state index < -0.39 is 0 Å². The van der Waals surface area contributed by atoms with Crippen molar-refractivity contribution in [2.75, 3.05) is 13.6 Å². The van der Waals surface area contributed by atoms with E-state index in [2.05, 4.69) is 39.6 Å². The van der Waals surface area contributed by atoms with Gasteiger partial charge in [0.15, 0.2) is 0 Å². The summed E-state index contributed by atoms with van der Waals surface area (Å²) < 4.78 is 13.2. The van der Waals surface area contributed by atoms with Crippen molar-refractivity contribution in [3.63, 3.8) is 0 Å². The van der Waals surface area contributed by atoms with Crippen molar-refractivity contribution < 1.29 is 9.31 Å². The zero-order valence-electron chi connectivity index (χ0n) is 13.6. The summed E-state index contributed by atoms with van der Waals surface area (Å²) in [5.74, 6) is 1.92. The molecule has 2 bridgehead atoms. The van der Waals surface area contributed by atoms with Gasteiger partial charge in [0, 0.05) is 5.94 Å². The van der Waals surface area contributed by atoms with Crippen molar-refractivity contribution in [1.82, 2.24) is 4.90 Å². The number of hydrogen-bond donors (Lipinski definition) is 0. The standard InChI is InChI=1S/C16H28BNO2/c1-14(2)11-9-12(14)16(4)15(3,10-11)19-17(20-16)13-7-6-8-18(13)5/h11-13H,6-10H2,1-5H3/t11-,12-,13?,15+,16-/m0/s1. The van der Waals surface area contributed by atoms with E-state index in [1.807, 2.05) is 0 Å². The largest absolute Gasteiger partial charge is 0.476 e. The first-order chi connectivity index (χ1) is 9.28. The molecule has 5 fully saturated rings. The van der Waals surface area contributed by atoms with Crippen molar-refractivity contribution in [1.29, 1.82) is 0 Å². The van der Waals surface area contributed by atoms with E-state index in [0.29, 0.717) is 17.3 Å². The maximum absolute atomic E-state index is 6.63. The monoisotopic (exact) mass is 277 g/mol. The molecule has 5 rings (SSSR count). The molecule has 3 nitrogen and oxygen atoms in total. The lowest BCUT2D eigenvalue weighted by molar-refractivity contribution is -0.235. The van der Waals surface area contributed by atoms with Gasteiger partial charge in [-0.05, 0) is 70.4 Å². The highest BCUT2D eigenvalue weighted by Crippen LogP contribution is 2.69. The summed E-state index contributed by atoms with van der Waals surface area (Å²) in [5.41, 5.74) is 0.248. The van der Waals surface area contributed by atoms with Crippen LogP contribution in [-0.2, 0) is 9.31 Å². The van der Waals surface area contributed by atoms with Crippen LogP contribution in [0.25, 0.3) is 0 Å². The SMILES string of the molecule is CN1CCCC1B1O[C@]2(C)C[C@@H]3C[C@@H](C3(C)C)[C@]2(C)O1. The average molecular weight is 277 g/mol. The maximum atomic E-state index is 6.63. The van der Waals surface area contributed by atoms with Gasteiger partial charge in [-0.1, -0.05) is 13.8 Å². The average Bonchev–Trinajstić information content (AvgIpc) is 2.88. The fourth-order valence-electron chi connectivity index (χ4n) is 5.67. The molecule has 2 saturated heterocycles. The first-order valence-electron chi connectivity index (χ1n) is 8.34. The van der Waals surface area contributed by atoms with E-state index in [-0.39, 0.29) is 18.3 Å². The van der Waals surface area contributed by atoms with Gasteiger partial charge in [0.2, 0.25) is 0 Å². The van der Waals surface area contributed by atoms with Crippen LogP contribution in [0.4, 0.5) is 0 Å². The molecule has 5 aliphatic rings. The Bertz CT molecular complexity index is 442.